The Morgan fingerprint density at radius 2 is 1.88 bits per heavy atom. The van der Waals surface area contributed by atoms with Crippen LogP contribution in [0.3, 0.4) is 0 Å². The minimum absolute atomic E-state index is 0.158. The largest absolute Gasteiger partial charge is 0.338 e. The lowest BCUT2D eigenvalue weighted by Crippen LogP contribution is -2.51. The number of nitrogens with zero attached hydrogens (tertiary/aromatic N) is 2. The van der Waals surface area contributed by atoms with E-state index in [-0.39, 0.29) is 6.03 Å². The maximum absolute atomic E-state index is 11.9. The van der Waals surface area contributed by atoms with Crippen LogP contribution in [0.1, 0.15) is 39.5 Å². The number of piperidine rings is 1. The zero-order valence-electron chi connectivity index (χ0n) is 11.1. The van der Waals surface area contributed by atoms with Crippen molar-refractivity contribution in [2.45, 2.75) is 51.6 Å². The van der Waals surface area contributed by atoms with Gasteiger partial charge in [0.1, 0.15) is 0 Å². The van der Waals surface area contributed by atoms with E-state index in [1.165, 1.54) is 0 Å². The fourth-order valence-corrected chi connectivity index (χ4v) is 2.87. The molecular weight excluding hydrogens is 214 g/mol. The van der Waals surface area contributed by atoms with E-state index in [1.54, 1.807) is 0 Å². The van der Waals surface area contributed by atoms with Gasteiger partial charge in [0, 0.05) is 38.3 Å². The molecule has 2 aliphatic heterocycles. The molecule has 17 heavy (non-hydrogen) atoms. The van der Waals surface area contributed by atoms with Crippen LogP contribution in [-0.2, 0) is 0 Å². The van der Waals surface area contributed by atoms with Crippen LogP contribution in [0.4, 0.5) is 4.79 Å². The highest BCUT2D eigenvalue weighted by Gasteiger charge is 2.29. The molecule has 4 heteroatoms. The summed E-state index contributed by atoms with van der Waals surface area (Å²) in [6.45, 7) is 8.55. The molecule has 0 unspecified atom stereocenters. The Labute approximate surface area is 104 Å². The predicted octanol–water partition coefficient (Wildman–Crippen LogP) is 1.66. The summed E-state index contributed by atoms with van der Waals surface area (Å²) >= 11 is 0. The quantitative estimate of drug-likeness (QED) is 0.795. The molecule has 2 aliphatic rings. The molecular formula is C13H25N3O. The second-order valence-electron chi connectivity index (χ2n) is 5.49. The smallest absolute Gasteiger partial charge is 0.317 e. The first-order chi connectivity index (χ1) is 8.18. The van der Waals surface area contributed by atoms with Crippen LogP contribution < -0.4 is 5.32 Å². The van der Waals surface area contributed by atoms with Gasteiger partial charge >= 0.3 is 6.03 Å². The first-order valence-electron chi connectivity index (χ1n) is 6.97. The van der Waals surface area contributed by atoms with Gasteiger partial charge in [-0.1, -0.05) is 0 Å². The van der Waals surface area contributed by atoms with Gasteiger partial charge in [-0.3, -0.25) is 0 Å². The number of urea groups is 1. The normalized spacial score (nSPS) is 24.9. The zero-order chi connectivity index (χ0) is 12.3. The molecule has 0 aliphatic carbocycles. The molecule has 0 aromatic carbocycles. The lowest BCUT2D eigenvalue weighted by Gasteiger charge is -2.39. The number of likely N-dealkylation sites (tertiary alicyclic amines) is 1. The second-order valence-corrected chi connectivity index (χ2v) is 5.49. The van der Waals surface area contributed by atoms with Crippen LogP contribution in [0.5, 0.6) is 0 Å². The van der Waals surface area contributed by atoms with Gasteiger partial charge in [-0.05, 0) is 39.5 Å². The number of hydrogen-bond donors (Lipinski definition) is 1. The summed E-state index contributed by atoms with van der Waals surface area (Å²) in [5.74, 6) is 0. The molecule has 0 aromatic heterocycles. The molecule has 4 nitrogen and oxygen atoms in total. The third-order valence-corrected chi connectivity index (χ3v) is 4.03. The monoisotopic (exact) mass is 239 g/mol. The molecule has 0 aromatic rings. The van der Waals surface area contributed by atoms with Gasteiger partial charge in [-0.25, -0.2) is 4.79 Å². The molecule has 2 rings (SSSR count). The highest BCUT2D eigenvalue weighted by Crippen LogP contribution is 2.19. The van der Waals surface area contributed by atoms with Gasteiger partial charge in [0.2, 0.25) is 0 Å². The highest BCUT2D eigenvalue weighted by molar-refractivity contribution is 5.74. The van der Waals surface area contributed by atoms with Crippen molar-refractivity contribution < 1.29 is 4.79 Å². The number of hydrogen-bond acceptors (Lipinski definition) is 2. The van der Waals surface area contributed by atoms with Crippen LogP contribution >= 0.6 is 0 Å². The number of rotatable bonds is 2. The van der Waals surface area contributed by atoms with Crippen LogP contribution in [-0.4, -0.2) is 54.1 Å². The summed E-state index contributed by atoms with van der Waals surface area (Å²) in [6.07, 6.45) is 4.52. The Bertz CT molecular complexity index is 259. The Morgan fingerprint density at radius 3 is 2.53 bits per heavy atom. The molecule has 2 saturated heterocycles. The van der Waals surface area contributed by atoms with Crippen molar-refractivity contribution in [2.24, 2.45) is 0 Å². The number of amides is 2. The maximum Gasteiger partial charge on any atom is 0.317 e. The number of carbonyl (C=O) groups is 1. The first-order valence-corrected chi connectivity index (χ1v) is 6.97. The van der Waals surface area contributed by atoms with E-state index in [4.69, 9.17) is 0 Å². The predicted molar refractivity (Wildman–Crippen MR) is 69.1 cm³/mol. The van der Waals surface area contributed by atoms with E-state index in [0.29, 0.717) is 12.1 Å². The van der Waals surface area contributed by atoms with E-state index in [1.807, 2.05) is 0 Å². The average molecular weight is 239 g/mol. The zero-order valence-corrected chi connectivity index (χ0v) is 11.1. The van der Waals surface area contributed by atoms with Crippen molar-refractivity contribution in [3.8, 4) is 0 Å². The lowest BCUT2D eigenvalue weighted by atomic mass is 10.0. The summed E-state index contributed by atoms with van der Waals surface area (Å²) in [4.78, 5) is 16.5. The van der Waals surface area contributed by atoms with Crippen molar-refractivity contribution in [2.75, 3.05) is 26.2 Å². The van der Waals surface area contributed by atoms with Gasteiger partial charge in [0.25, 0.3) is 0 Å². The van der Waals surface area contributed by atoms with Gasteiger partial charge in [-0.2, -0.15) is 0 Å². The van der Waals surface area contributed by atoms with E-state index < -0.39 is 0 Å². The second kappa shape index (κ2) is 5.71. The highest BCUT2D eigenvalue weighted by atomic mass is 16.2. The van der Waals surface area contributed by atoms with Crippen molar-refractivity contribution in [1.29, 1.82) is 0 Å². The summed E-state index contributed by atoms with van der Waals surface area (Å²) in [7, 11) is 0. The molecule has 2 amide bonds. The molecule has 0 atom stereocenters. The van der Waals surface area contributed by atoms with Crippen molar-refractivity contribution in [1.82, 2.24) is 15.1 Å². The maximum atomic E-state index is 11.9. The standard InChI is InChI=1S/C13H25N3O/c1-11(2)15-9-5-12(6-10-15)16-8-4-3-7-14-13(16)17/h11-12H,3-10H2,1-2H3,(H,14,17). The van der Waals surface area contributed by atoms with Gasteiger partial charge in [-0.15, -0.1) is 0 Å². The molecule has 0 bridgehead atoms. The fourth-order valence-electron chi connectivity index (χ4n) is 2.87. The SMILES string of the molecule is CC(C)N1CCC(N2CCCCNC2=O)CC1. The van der Waals surface area contributed by atoms with Gasteiger partial charge < -0.3 is 15.1 Å². The average Bonchev–Trinajstić information content (AvgIpc) is 2.54. The number of carbonyl (C=O) groups excluding carboxylic acids is 1. The summed E-state index contributed by atoms with van der Waals surface area (Å²) in [5, 5.41) is 3.00. The van der Waals surface area contributed by atoms with E-state index in [0.717, 1.165) is 51.9 Å². The molecule has 98 valence electrons. The summed E-state index contributed by atoms with van der Waals surface area (Å²) in [6, 6.07) is 1.25. The van der Waals surface area contributed by atoms with Gasteiger partial charge in [0.05, 0.1) is 0 Å². The third-order valence-electron chi connectivity index (χ3n) is 4.03. The Kier molecular flexibility index (Phi) is 4.26. The Balaban J connectivity index is 1.88. The van der Waals surface area contributed by atoms with Gasteiger partial charge in [0.15, 0.2) is 0 Å². The first kappa shape index (κ1) is 12.7. The molecule has 2 fully saturated rings. The van der Waals surface area contributed by atoms with Crippen LogP contribution in [0, 0.1) is 0 Å². The number of nitrogens with one attached hydrogen (secondary N) is 1. The Hall–Kier alpha value is -0.770. The molecule has 2 heterocycles. The van der Waals surface area contributed by atoms with Crippen molar-refractivity contribution in [3.63, 3.8) is 0 Å². The molecule has 0 radical (unpaired) electrons. The van der Waals surface area contributed by atoms with Crippen molar-refractivity contribution >= 4 is 6.03 Å². The fraction of sp³-hybridized carbons (Fsp3) is 0.923. The minimum Gasteiger partial charge on any atom is -0.338 e. The van der Waals surface area contributed by atoms with E-state index in [9.17, 15) is 4.79 Å². The van der Waals surface area contributed by atoms with E-state index in [2.05, 4.69) is 29.0 Å². The van der Waals surface area contributed by atoms with Crippen LogP contribution in [0.15, 0.2) is 0 Å². The third kappa shape index (κ3) is 3.12. The summed E-state index contributed by atoms with van der Waals surface area (Å²) in [5.41, 5.74) is 0. The summed E-state index contributed by atoms with van der Waals surface area (Å²) < 4.78 is 0. The molecule has 1 N–H and O–H groups in total. The lowest BCUT2D eigenvalue weighted by molar-refractivity contribution is 0.107. The van der Waals surface area contributed by atoms with Crippen LogP contribution in [0.25, 0.3) is 0 Å². The topological polar surface area (TPSA) is 35.6 Å². The van der Waals surface area contributed by atoms with Crippen molar-refractivity contribution in [3.05, 3.63) is 0 Å². The molecule has 0 saturated carbocycles. The minimum atomic E-state index is 0.158. The van der Waals surface area contributed by atoms with E-state index >= 15 is 0 Å². The molecule has 0 spiro atoms. The van der Waals surface area contributed by atoms with Crippen LogP contribution in [0.2, 0.25) is 0 Å². The Morgan fingerprint density at radius 1 is 1.18 bits per heavy atom.